The van der Waals surface area contributed by atoms with Gasteiger partial charge >= 0.3 is 6.03 Å². The second kappa shape index (κ2) is 11.5. The number of hydrogen-bond acceptors (Lipinski definition) is 4. The molecule has 38 heavy (non-hydrogen) atoms. The van der Waals surface area contributed by atoms with E-state index in [1.807, 2.05) is 53.1 Å². The molecule has 0 radical (unpaired) electrons. The van der Waals surface area contributed by atoms with Crippen LogP contribution in [0.3, 0.4) is 0 Å². The zero-order valence-corrected chi connectivity index (χ0v) is 23.5. The number of likely N-dealkylation sites (tertiary alicyclic amines) is 3. The van der Waals surface area contributed by atoms with Crippen LogP contribution >= 0.6 is 0 Å². The molecule has 3 fully saturated rings. The predicted octanol–water partition coefficient (Wildman–Crippen LogP) is 4.03. The van der Waals surface area contributed by atoms with Crippen LogP contribution in [0.25, 0.3) is 11.1 Å². The Bertz CT molecular complexity index is 1120. The fourth-order valence-corrected chi connectivity index (χ4v) is 6.38. The number of piperidine rings is 1. The molecule has 3 aliphatic heterocycles. The van der Waals surface area contributed by atoms with Gasteiger partial charge in [-0.05, 0) is 69.5 Å². The van der Waals surface area contributed by atoms with Gasteiger partial charge < -0.3 is 19.6 Å². The fraction of sp³-hybridized carbons (Fsp3) is 0.548. The Morgan fingerprint density at radius 1 is 0.763 bits per heavy atom. The van der Waals surface area contributed by atoms with Crippen LogP contribution in [-0.2, 0) is 0 Å². The molecule has 0 N–H and O–H groups in total. The first-order valence-electron chi connectivity index (χ1n) is 14.2. The summed E-state index contributed by atoms with van der Waals surface area (Å²) >= 11 is 0. The van der Waals surface area contributed by atoms with Crippen molar-refractivity contribution in [3.05, 3.63) is 59.7 Å². The maximum absolute atomic E-state index is 13.4. The van der Waals surface area contributed by atoms with Crippen molar-refractivity contribution in [2.75, 3.05) is 60.4 Å². The Hall–Kier alpha value is -2.90. The van der Waals surface area contributed by atoms with Gasteiger partial charge in [-0.1, -0.05) is 42.0 Å². The summed E-state index contributed by atoms with van der Waals surface area (Å²) < 4.78 is 0. The third-order valence-corrected chi connectivity index (χ3v) is 8.98. The van der Waals surface area contributed by atoms with Crippen molar-refractivity contribution < 1.29 is 9.59 Å². The third-order valence-electron chi connectivity index (χ3n) is 8.98. The fourth-order valence-electron chi connectivity index (χ4n) is 6.38. The molecule has 3 atom stereocenters. The minimum Gasteiger partial charge on any atom is -0.337 e. The molecule has 0 aromatic heterocycles. The van der Waals surface area contributed by atoms with E-state index in [1.165, 1.54) is 24.9 Å². The minimum atomic E-state index is 0.0111. The zero-order chi connectivity index (χ0) is 26.8. The summed E-state index contributed by atoms with van der Waals surface area (Å²) in [6, 6.07) is 17.3. The van der Waals surface area contributed by atoms with Crippen molar-refractivity contribution in [1.29, 1.82) is 0 Å². The lowest BCUT2D eigenvalue weighted by molar-refractivity contribution is 0.0733. The van der Waals surface area contributed by atoms with Crippen molar-refractivity contribution in [1.82, 2.24) is 24.5 Å². The highest BCUT2D eigenvalue weighted by atomic mass is 16.2. The molecule has 2 aromatic carbocycles. The van der Waals surface area contributed by atoms with Gasteiger partial charge in [0.25, 0.3) is 5.91 Å². The molecule has 204 valence electrons. The van der Waals surface area contributed by atoms with E-state index in [-0.39, 0.29) is 24.0 Å². The Kier molecular flexibility index (Phi) is 8.05. The quantitative estimate of drug-likeness (QED) is 0.601. The van der Waals surface area contributed by atoms with E-state index in [2.05, 4.69) is 48.0 Å². The molecule has 0 bridgehead atoms. The molecule has 3 saturated heterocycles. The molecule has 3 aliphatic rings. The summed E-state index contributed by atoms with van der Waals surface area (Å²) in [5.41, 5.74) is 4.17. The van der Waals surface area contributed by atoms with E-state index >= 15 is 0 Å². The second-order valence-corrected chi connectivity index (χ2v) is 11.6. The second-order valence-electron chi connectivity index (χ2n) is 11.6. The number of rotatable bonds is 5. The number of amides is 3. The molecule has 5 rings (SSSR count). The smallest absolute Gasteiger partial charge is 0.320 e. The third kappa shape index (κ3) is 5.74. The molecule has 0 saturated carbocycles. The maximum atomic E-state index is 13.4. The molecule has 3 amide bonds. The molecular formula is C31H43N5O2. The molecule has 3 heterocycles. The summed E-state index contributed by atoms with van der Waals surface area (Å²) in [5.74, 6) is 0.0111. The number of urea groups is 1. The maximum Gasteiger partial charge on any atom is 0.320 e. The Labute approximate surface area is 228 Å². The summed E-state index contributed by atoms with van der Waals surface area (Å²) in [6.45, 7) is 7.73. The largest absolute Gasteiger partial charge is 0.337 e. The van der Waals surface area contributed by atoms with Gasteiger partial charge in [0, 0.05) is 64.5 Å². The Balaban J connectivity index is 1.14. The van der Waals surface area contributed by atoms with E-state index in [4.69, 9.17) is 0 Å². The van der Waals surface area contributed by atoms with E-state index in [9.17, 15) is 9.59 Å². The van der Waals surface area contributed by atoms with Crippen LogP contribution in [0.1, 0.15) is 41.6 Å². The molecule has 7 heteroatoms. The van der Waals surface area contributed by atoms with Gasteiger partial charge in [0.15, 0.2) is 0 Å². The SMILES string of the molecule is Cc1ccc(-c2ccc(C(=O)N(C)C3CCN(C(=O)N(C)C4CCN(C5CCCN(C)C5)C4)C3)cc2)cc1. The molecule has 0 aliphatic carbocycles. The highest BCUT2D eigenvalue weighted by molar-refractivity contribution is 5.95. The van der Waals surface area contributed by atoms with Crippen LogP contribution in [0.4, 0.5) is 4.79 Å². The van der Waals surface area contributed by atoms with Gasteiger partial charge in [-0.2, -0.15) is 0 Å². The number of aryl methyl sites for hydroxylation is 1. The first-order valence-corrected chi connectivity index (χ1v) is 14.2. The van der Waals surface area contributed by atoms with Crippen LogP contribution in [-0.4, -0.2) is 115 Å². The first kappa shape index (κ1) is 26.7. The van der Waals surface area contributed by atoms with Crippen molar-refractivity contribution in [3.8, 4) is 11.1 Å². The molecular weight excluding hydrogens is 474 g/mol. The lowest BCUT2D eigenvalue weighted by Gasteiger charge is -2.36. The highest BCUT2D eigenvalue weighted by Gasteiger charge is 2.37. The normalized spacial score (nSPS) is 24.5. The van der Waals surface area contributed by atoms with Gasteiger partial charge in [0.05, 0.1) is 6.04 Å². The van der Waals surface area contributed by atoms with Crippen LogP contribution < -0.4 is 0 Å². The topological polar surface area (TPSA) is 50.3 Å². The van der Waals surface area contributed by atoms with Crippen molar-refractivity contribution in [2.45, 2.75) is 50.7 Å². The average molecular weight is 518 g/mol. The Morgan fingerprint density at radius 2 is 1.39 bits per heavy atom. The van der Waals surface area contributed by atoms with Crippen molar-refractivity contribution in [2.24, 2.45) is 0 Å². The molecule has 0 spiro atoms. The minimum absolute atomic E-state index is 0.0111. The van der Waals surface area contributed by atoms with Crippen LogP contribution in [0.15, 0.2) is 48.5 Å². The van der Waals surface area contributed by atoms with E-state index in [0.29, 0.717) is 24.7 Å². The van der Waals surface area contributed by atoms with Crippen LogP contribution in [0.5, 0.6) is 0 Å². The zero-order valence-electron chi connectivity index (χ0n) is 23.5. The van der Waals surface area contributed by atoms with E-state index < -0.39 is 0 Å². The van der Waals surface area contributed by atoms with Gasteiger partial charge in [0.2, 0.25) is 0 Å². The molecule has 2 aromatic rings. The number of likely N-dealkylation sites (N-methyl/N-ethyl adjacent to an activating group) is 3. The number of carbonyl (C=O) groups excluding carboxylic acids is 2. The predicted molar refractivity (Wildman–Crippen MR) is 152 cm³/mol. The summed E-state index contributed by atoms with van der Waals surface area (Å²) in [6.07, 6.45) is 4.37. The van der Waals surface area contributed by atoms with Crippen molar-refractivity contribution >= 4 is 11.9 Å². The summed E-state index contributed by atoms with van der Waals surface area (Å²) in [4.78, 5) is 37.4. The van der Waals surface area contributed by atoms with Gasteiger partial charge in [0.1, 0.15) is 0 Å². The number of benzene rings is 2. The highest BCUT2D eigenvalue weighted by Crippen LogP contribution is 2.25. The lowest BCUT2D eigenvalue weighted by Crippen LogP contribution is -2.49. The summed E-state index contributed by atoms with van der Waals surface area (Å²) in [5, 5.41) is 0. The Morgan fingerprint density at radius 3 is 2.08 bits per heavy atom. The standard InChI is InChI=1S/C31H43N5O2/c1-23-7-9-24(10-8-23)25-11-13-26(14-12-25)30(37)33(3)27-16-19-36(22-27)31(38)34(4)28-15-18-35(21-28)29-6-5-17-32(2)20-29/h7-14,27-29H,5-6,15-22H2,1-4H3. The van der Waals surface area contributed by atoms with Gasteiger partial charge in [-0.3, -0.25) is 9.69 Å². The van der Waals surface area contributed by atoms with Crippen LogP contribution in [0.2, 0.25) is 0 Å². The van der Waals surface area contributed by atoms with Gasteiger partial charge in [-0.15, -0.1) is 0 Å². The monoisotopic (exact) mass is 517 g/mol. The van der Waals surface area contributed by atoms with E-state index in [1.54, 1.807) is 0 Å². The number of hydrogen-bond donors (Lipinski definition) is 0. The van der Waals surface area contributed by atoms with Crippen LogP contribution in [0, 0.1) is 6.92 Å². The molecule has 7 nitrogen and oxygen atoms in total. The van der Waals surface area contributed by atoms with Crippen molar-refractivity contribution in [3.63, 3.8) is 0 Å². The lowest BCUT2D eigenvalue weighted by atomic mass is 10.0. The number of nitrogens with zero attached hydrogens (tertiary/aromatic N) is 5. The number of carbonyl (C=O) groups is 2. The average Bonchev–Trinajstić information content (AvgIpc) is 3.63. The van der Waals surface area contributed by atoms with Gasteiger partial charge in [-0.25, -0.2) is 4.79 Å². The first-order chi connectivity index (χ1) is 18.3. The van der Waals surface area contributed by atoms with E-state index in [0.717, 1.165) is 43.6 Å². The molecule has 3 unspecified atom stereocenters. The summed E-state index contributed by atoms with van der Waals surface area (Å²) in [7, 11) is 6.04.